The van der Waals surface area contributed by atoms with Crippen LogP contribution in [0.3, 0.4) is 0 Å². The highest BCUT2D eigenvalue weighted by Crippen LogP contribution is 2.44. The molecule has 1 fully saturated rings. The van der Waals surface area contributed by atoms with Gasteiger partial charge in [0.15, 0.2) is 4.34 Å². The first-order valence-corrected chi connectivity index (χ1v) is 14.2. The second-order valence-electron chi connectivity index (χ2n) is 8.76. The Morgan fingerprint density at radius 3 is 2.42 bits per heavy atom. The number of aliphatic hydroxyl groups excluding tert-OH is 1. The van der Waals surface area contributed by atoms with E-state index in [9.17, 15) is 24.8 Å². The molecule has 4 aromatic rings. The maximum atomic E-state index is 13.4. The van der Waals surface area contributed by atoms with Crippen molar-refractivity contribution in [2.45, 2.75) is 23.1 Å². The van der Waals surface area contributed by atoms with E-state index in [4.69, 9.17) is 23.2 Å². The van der Waals surface area contributed by atoms with Crippen LogP contribution in [-0.2, 0) is 15.3 Å². The number of nitrogens with zero attached hydrogens (tertiary/aromatic N) is 4. The Bertz CT molecular complexity index is 1670. The van der Waals surface area contributed by atoms with E-state index in [2.05, 4.69) is 10.2 Å². The standard InChI is InChI=1S/C27H18Cl2N4O5S2/c1-14-2-4-16(5-3-14)23(34)21-22(15-7-10-19(11-8-15)33(37)38)32(25(36)24(21)35)26-30-31-27(40-26)39-13-17-6-9-18(28)12-20(17)29/h2-12,22,34H,13H2,1H3/b23-21-. The minimum atomic E-state index is -1.08. The number of carbonyl (C=O) groups excluding carboxylic acids is 2. The van der Waals surface area contributed by atoms with Crippen LogP contribution in [0, 0.1) is 17.0 Å². The van der Waals surface area contributed by atoms with Crippen molar-refractivity contribution in [3.63, 3.8) is 0 Å². The molecule has 1 atom stereocenters. The number of aromatic nitrogens is 2. The van der Waals surface area contributed by atoms with Crippen molar-refractivity contribution in [2.24, 2.45) is 0 Å². The highest BCUT2D eigenvalue weighted by molar-refractivity contribution is 8.00. The summed E-state index contributed by atoms with van der Waals surface area (Å²) in [5.74, 6) is -1.70. The van der Waals surface area contributed by atoms with Crippen LogP contribution in [-0.4, -0.2) is 31.9 Å². The van der Waals surface area contributed by atoms with Crippen molar-refractivity contribution >= 4 is 74.6 Å². The lowest BCUT2D eigenvalue weighted by molar-refractivity contribution is -0.384. The molecule has 1 N–H and O–H groups in total. The van der Waals surface area contributed by atoms with Crippen molar-refractivity contribution in [3.8, 4) is 0 Å². The second kappa shape index (κ2) is 11.4. The molecule has 0 aliphatic carbocycles. The Labute approximate surface area is 246 Å². The third-order valence-electron chi connectivity index (χ3n) is 6.16. The van der Waals surface area contributed by atoms with Gasteiger partial charge in [0.05, 0.1) is 16.5 Å². The van der Waals surface area contributed by atoms with Gasteiger partial charge in [-0.15, -0.1) is 10.2 Å². The van der Waals surface area contributed by atoms with Crippen molar-refractivity contribution in [1.29, 1.82) is 0 Å². The van der Waals surface area contributed by atoms with Gasteiger partial charge in [0.2, 0.25) is 5.13 Å². The average Bonchev–Trinajstić information content (AvgIpc) is 3.50. The lowest BCUT2D eigenvalue weighted by atomic mass is 9.95. The Balaban J connectivity index is 1.54. The fraction of sp³-hybridized carbons (Fsp3) is 0.111. The van der Waals surface area contributed by atoms with Crippen LogP contribution in [0.5, 0.6) is 0 Å². The number of hydrogen-bond acceptors (Lipinski definition) is 9. The van der Waals surface area contributed by atoms with Gasteiger partial charge in [0, 0.05) is 33.5 Å². The number of rotatable bonds is 7. The molecule has 5 rings (SSSR count). The Kier molecular flexibility index (Phi) is 7.90. The maximum Gasteiger partial charge on any atom is 0.301 e. The molecule has 1 saturated heterocycles. The number of aliphatic hydroxyl groups is 1. The number of carbonyl (C=O) groups is 2. The van der Waals surface area contributed by atoms with E-state index in [0.717, 1.165) is 22.5 Å². The van der Waals surface area contributed by atoms with E-state index in [-0.39, 0.29) is 22.2 Å². The van der Waals surface area contributed by atoms with E-state index in [0.29, 0.717) is 31.3 Å². The van der Waals surface area contributed by atoms with Gasteiger partial charge in [-0.2, -0.15) is 0 Å². The quantitative estimate of drug-likeness (QED) is 0.0450. The first kappa shape index (κ1) is 27.8. The molecule has 0 bridgehead atoms. The number of nitro benzene ring substituents is 1. The summed E-state index contributed by atoms with van der Waals surface area (Å²) in [7, 11) is 0. The molecule has 2 heterocycles. The van der Waals surface area contributed by atoms with Gasteiger partial charge in [-0.1, -0.05) is 82.2 Å². The number of non-ortho nitro benzene ring substituents is 1. The van der Waals surface area contributed by atoms with Crippen molar-refractivity contribution in [2.75, 3.05) is 4.90 Å². The van der Waals surface area contributed by atoms with Gasteiger partial charge >= 0.3 is 5.91 Å². The first-order chi connectivity index (χ1) is 19.1. The summed E-state index contributed by atoms with van der Waals surface area (Å²) in [6.45, 7) is 1.88. The highest BCUT2D eigenvalue weighted by atomic mass is 35.5. The first-order valence-electron chi connectivity index (χ1n) is 11.7. The zero-order valence-corrected chi connectivity index (χ0v) is 23.7. The van der Waals surface area contributed by atoms with E-state index >= 15 is 0 Å². The fourth-order valence-electron chi connectivity index (χ4n) is 4.13. The van der Waals surface area contributed by atoms with Crippen molar-refractivity contribution in [3.05, 3.63) is 115 Å². The van der Waals surface area contributed by atoms with E-state index < -0.39 is 22.7 Å². The minimum Gasteiger partial charge on any atom is -0.507 e. The van der Waals surface area contributed by atoms with E-state index in [1.165, 1.54) is 40.9 Å². The predicted molar refractivity (Wildman–Crippen MR) is 155 cm³/mol. The number of ketones is 1. The van der Waals surface area contributed by atoms with Gasteiger partial charge in [-0.25, -0.2) is 0 Å². The normalized spacial score (nSPS) is 16.5. The molecule has 40 heavy (non-hydrogen) atoms. The number of thioether (sulfide) groups is 1. The summed E-state index contributed by atoms with van der Waals surface area (Å²) >= 11 is 14.7. The van der Waals surface area contributed by atoms with Crippen LogP contribution < -0.4 is 4.90 Å². The lowest BCUT2D eigenvalue weighted by Crippen LogP contribution is -2.29. The molecule has 1 amide bonds. The van der Waals surface area contributed by atoms with Crippen LogP contribution in [0.15, 0.2) is 76.6 Å². The van der Waals surface area contributed by atoms with Crippen LogP contribution in [0.2, 0.25) is 10.0 Å². The van der Waals surface area contributed by atoms with Gasteiger partial charge in [-0.05, 0) is 42.3 Å². The fourth-order valence-corrected chi connectivity index (χ4v) is 6.55. The molecular weight excluding hydrogens is 595 g/mol. The summed E-state index contributed by atoms with van der Waals surface area (Å²) in [4.78, 5) is 38.5. The van der Waals surface area contributed by atoms with Crippen molar-refractivity contribution in [1.82, 2.24) is 10.2 Å². The van der Waals surface area contributed by atoms with Crippen LogP contribution in [0.25, 0.3) is 5.76 Å². The molecule has 0 radical (unpaired) electrons. The third-order valence-corrected chi connectivity index (χ3v) is 8.85. The minimum absolute atomic E-state index is 0.137. The summed E-state index contributed by atoms with van der Waals surface area (Å²) in [5, 5.41) is 31.9. The molecule has 9 nitrogen and oxygen atoms in total. The number of aryl methyl sites for hydroxylation is 1. The SMILES string of the molecule is Cc1ccc(/C(O)=C2/C(=O)C(=O)N(c3nnc(SCc4ccc(Cl)cc4Cl)s3)C2c2ccc([N+](=O)[O-])cc2)cc1. The Hall–Kier alpha value is -3.77. The number of Topliss-reactive ketones (excluding diaryl/α,β-unsaturated/α-hetero) is 1. The van der Waals surface area contributed by atoms with Crippen LogP contribution in [0.4, 0.5) is 10.8 Å². The molecule has 1 aliphatic rings. The van der Waals surface area contributed by atoms with Gasteiger partial charge in [-0.3, -0.25) is 24.6 Å². The van der Waals surface area contributed by atoms with Gasteiger partial charge in [0.25, 0.3) is 11.5 Å². The third kappa shape index (κ3) is 5.46. The summed E-state index contributed by atoms with van der Waals surface area (Å²) < 4.78 is 0.518. The Morgan fingerprint density at radius 1 is 1.07 bits per heavy atom. The van der Waals surface area contributed by atoms with E-state index in [1.54, 1.807) is 42.5 Å². The summed E-state index contributed by atoms with van der Waals surface area (Å²) in [6.07, 6.45) is 0. The molecule has 0 spiro atoms. The molecular formula is C27H18Cl2N4O5S2. The zero-order valence-electron chi connectivity index (χ0n) is 20.6. The number of hydrogen-bond donors (Lipinski definition) is 1. The number of anilines is 1. The average molecular weight is 614 g/mol. The van der Waals surface area contributed by atoms with Crippen molar-refractivity contribution < 1.29 is 19.6 Å². The lowest BCUT2D eigenvalue weighted by Gasteiger charge is -2.22. The maximum absolute atomic E-state index is 13.4. The number of amides is 1. The molecule has 1 aliphatic heterocycles. The number of nitro groups is 1. The molecule has 0 saturated carbocycles. The topological polar surface area (TPSA) is 127 Å². The number of benzene rings is 3. The van der Waals surface area contributed by atoms with Crippen LogP contribution in [0.1, 0.15) is 28.3 Å². The molecule has 202 valence electrons. The van der Waals surface area contributed by atoms with Gasteiger partial charge < -0.3 is 5.11 Å². The van der Waals surface area contributed by atoms with E-state index in [1.807, 2.05) is 6.92 Å². The number of halogens is 2. The molecule has 13 heteroatoms. The molecule has 1 unspecified atom stereocenters. The zero-order chi connectivity index (χ0) is 28.6. The summed E-state index contributed by atoms with van der Waals surface area (Å²) in [5.41, 5.74) is 2.20. The van der Waals surface area contributed by atoms with Crippen LogP contribution >= 0.6 is 46.3 Å². The largest absolute Gasteiger partial charge is 0.507 e. The predicted octanol–water partition coefficient (Wildman–Crippen LogP) is 6.98. The highest BCUT2D eigenvalue weighted by Gasteiger charge is 2.48. The monoisotopic (exact) mass is 612 g/mol. The summed E-state index contributed by atoms with van der Waals surface area (Å²) in [6, 6.07) is 16.4. The second-order valence-corrected chi connectivity index (χ2v) is 11.8. The Morgan fingerprint density at radius 2 is 1.77 bits per heavy atom. The van der Waals surface area contributed by atoms with Gasteiger partial charge in [0.1, 0.15) is 5.76 Å². The smallest absolute Gasteiger partial charge is 0.301 e. The molecule has 3 aromatic carbocycles. The molecule has 1 aromatic heterocycles.